The molecule has 0 bridgehead atoms. The first-order chi connectivity index (χ1) is 26.0. The van der Waals surface area contributed by atoms with Crippen LogP contribution in [0, 0.1) is 11.8 Å². The minimum Gasteiger partial charge on any atom is -0.453 e. The predicted octanol–water partition coefficient (Wildman–Crippen LogP) is 7.08. The monoisotopic (exact) mass is 774 g/mol. The van der Waals surface area contributed by atoms with Gasteiger partial charge >= 0.3 is 12.2 Å². The number of nitrogens with zero attached hydrogens (tertiary/aromatic N) is 4. The number of methoxy groups -OCH3 is 2. The Balaban J connectivity index is 1.07. The van der Waals surface area contributed by atoms with Crippen LogP contribution in [0.2, 0.25) is 0 Å². The SMILES string of the molecule is COC(=O)N[C@H](C(=O)N1CCC[C@H]1C1=NCC(c2ccc(-c3ccc(-c4cnc([C@@H]5CCCN5C(=O)[C@@H](NC(=O)OC)C(C)C)s4)cc3)cc2)S1)C(C)C. The number of thiazole rings is 1. The van der Waals surface area contributed by atoms with Gasteiger partial charge in [0.1, 0.15) is 17.1 Å². The molecule has 4 amide bonds. The fraction of sp³-hybridized carbons (Fsp3) is 0.500. The summed E-state index contributed by atoms with van der Waals surface area (Å²) in [5.41, 5.74) is 4.48. The zero-order valence-electron chi connectivity index (χ0n) is 31.7. The Hall–Kier alpha value is -4.43. The van der Waals surface area contributed by atoms with E-state index in [0.29, 0.717) is 19.6 Å². The molecule has 0 spiro atoms. The number of carbonyl (C=O) groups excluding carboxylic acids is 4. The van der Waals surface area contributed by atoms with E-state index in [1.54, 1.807) is 23.1 Å². The maximum Gasteiger partial charge on any atom is 0.407 e. The fourth-order valence-corrected chi connectivity index (χ4v) is 9.73. The number of benzene rings is 2. The number of alkyl carbamates (subject to hydrolysis) is 2. The Morgan fingerprint density at radius 2 is 1.24 bits per heavy atom. The van der Waals surface area contributed by atoms with Crippen molar-refractivity contribution < 1.29 is 28.7 Å². The van der Waals surface area contributed by atoms with Crippen LogP contribution in [0.15, 0.2) is 59.7 Å². The van der Waals surface area contributed by atoms with E-state index in [1.807, 2.05) is 43.7 Å². The summed E-state index contributed by atoms with van der Waals surface area (Å²) in [7, 11) is 2.60. The van der Waals surface area contributed by atoms with Crippen molar-refractivity contribution in [3.8, 4) is 21.6 Å². The van der Waals surface area contributed by atoms with Crippen molar-refractivity contribution in [3.05, 3.63) is 65.3 Å². The van der Waals surface area contributed by atoms with Crippen LogP contribution in [0.5, 0.6) is 0 Å². The number of likely N-dealkylation sites (tertiary alicyclic amines) is 2. The Bertz CT molecular complexity index is 1850. The van der Waals surface area contributed by atoms with Gasteiger partial charge in [-0.05, 0) is 59.8 Å². The van der Waals surface area contributed by atoms with Gasteiger partial charge in [0.2, 0.25) is 11.8 Å². The van der Waals surface area contributed by atoms with Crippen molar-refractivity contribution in [1.29, 1.82) is 0 Å². The summed E-state index contributed by atoms with van der Waals surface area (Å²) in [6.07, 6.45) is 4.14. The normalized spacial score (nSPS) is 20.9. The van der Waals surface area contributed by atoms with Crippen LogP contribution in [-0.4, -0.2) is 95.8 Å². The van der Waals surface area contributed by atoms with E-state index in [2.05, 4.69) is 59.2 Å². The lowest BCUT2D eigenvalue weighted by Crippen LogP contribution is -2.53. The number of aliphatic imine (C=N–C) groups is 1. The van der Waals surface area contributed by atoms with Crippen molar-refractivity contribution >= 4 is 52.1 Å². The molecule has 54 heavy (non-hydrogen) atoms. The van der Waals surface area contributed by atoms with E-state index in [1.165, 1.54) is 19.8 Å². The lowest BCUT2D eigenvalue weighted by molar-refractivity contribution is -0.135. The molecule has 0 radical (unpaired) electrons. The summed E-state index contributed by atoms with van der Waals surface area (Å²) in [4.78, 5) is 65.4. The molecule has 12 nitrogen and oxygen atoms in total. The van der Waals surface area contributed by atoms with Crippen LogP contribution in [0.3, 0.4) is 0 Å². The van der Waals surface area contributed by atoms with Crippen LogP contribution in [0.4, 0.5) is 9.59 Å². The standard InChI is InChI=1S/C40H50N6O6S2/c1-23(2)33(43-39(49)51-5)37(47)45-19-7-9-29(45)35-41-21-31(53-35)27-15-11-25(12-16-27)26-13-17-28(18-14-26)32-22-42-36(54-32)30-10-8-20-46(30)38(48)34(24(3)4)44-40(50)52-6/h11-18,21,23-24,29-30,32-34H,7-10,19-20,22H2,1-6H3,(H,43,49)(H,44,50)/t29-,30-,32?,33-,34-/m0/s1. The van der Waals surface area contributed by atoms with E-state index in [4.69, 9.17) is 19.5 Å². The summed E-state index contributed by atoms with van der Waals surface area (Å²) in [5, 5.41) is 7.49. The number of amides is 4. The molecule has 2 N–H and O–H groups in total. The van der Waals surface area contributed by atoms with E-state index in [-0.39, 0.29) is 41.0 Å². The highest BCUT2D eigenvalue weighted by Crippen LogP contribution is 2.41. The third kappa shape index (κ3) is 8.59. The number of aromatic nitrogens is 1. The molecular weight excluding hydrogens is 725 g/mol. The molecule has 4 heterocycles. The molecule has 3 aliphatic rings. The van der Waals surface area contributed by atoms with E-state index < -0.39 is 24.3 Å². The van der Waals surface area contributed by atoms with Crippen LogP contribution in [0.25, 0.3) is 21.6 Å². The molecule has 6 rings (SSSR count). The molecule has 5 atom stereocenters. The summed E-state index contributed by atoms with van der Waals surface area (Å²) in [5.74, 6) is -0.358. The Kier molecular flexibility index (Phi) is 12.6. The lowest BCUT2D eigenvalue weighted by atomic mass is 10.0. The largest absolute Gasteiger partial charge is 0.453 e. The quantitative estimate of drug-likeness (QED) is 0.211. The van der Waals surface area contributed by atoms with Crippen molar-refractivity contribution in [2.45, 2.75) is 82.8 Å². The Morgan fingerprint density at radius 3 is 1.78 bits per heavy atom. The molecule has 2 saturated heterocycles. The van der Waals surface area contributed by atoms with E-state index in [0.717, 1.165) is 57.3 Å². The van der Waals surface area contributed by atoms with Crippen molar-refractivity contribution in [3.63, 3.8) is 0 Å². The average molecular weight is 775 g/mol. The molecule has 2 fully saturated rings. The maximum atomic E-state index is 13.6. The van der Waals surface area contributed by atoms with Gasteiger partial charge < -0.3 is 29.9 Å². The van der Waals surface area contributed by atoms with Crippen molar-refractivity contribution in [1.82, 2.24) is 25.4 Å². The number of thioether (sulfide) groups is 1. The van der Waals surface area contributed by atoms with Gasteiger partial charge in [-0.15, -0.1) is 11.3 Å². The van der Waals surface area contributed by atoms with Gasteiger partial charge in [-0.3, -0.25) is 14.6 Å². The van der Waals surface area contributed by atoms with Crippen molar-refractivity contribution in [2.75, 3.05) is 33.9 Å². The molecule has 3 aliphatic heterocycles. The van der Waals surface area contributed by atoms with Gasteiger partial charge in [-0.1, -0.05) is 88.0 Å². The van der Waals surface area contributed by atoms with E-state index in [9.17, 15) is 19.2 Å². The summed E-state index contributed by atoms with van der Waals surface area (Å²) < 4.78 is 9.53. The third-order valence-corrected chi connectivity index (χ3v) is 12.9. The number of rotatable bonds is 11. The molecule has 1 unspecified atom stereocenters. The molecule has 288 valence electrons. The zero-order valence-corrected chi connectivity index (χ0v) is 33.4. The predicted molar refractivity (Wildman–Crippen MR) is 212 cm³/mol. The first-order valence-electron chi connectivity index (χ1n) is 18.7. The smallest absolute Gasteiger partial charge is 0.407 e. The number of carbonyl (C=O) groups is 4. The summed E-state index contributed by atoms with van der Waals surface area (Å²) >= 11 is 3.34. The zero-order chi connectivity index (χ0) is 38.5. The van der Waals surface area contributed by atoms with Crippen molar-refractivity contribution in [2.24, 2.45) is 16.8 Å². The van der Waals surface area contributed by atoms with Crippen LogP contribution >= 0.6 is 23.1 Å². The van der Waals surface area contributed by atoms with Gasteiger partial charge in [0, 0.05) is 19.3 Å². The Morgan fingerprint density at radius 1 is 0.741 bits per heavy atom. The maximum absolute atomic E-state index is 13.6. The van der Waals surface area contributed by atoms with Gasteiger partial charge in [-0.25, -0.2) is 14.6 Å². The highest BCUT2D eigenvalue weighted by Gasteiger charge is 2.40. The molecule has 3 aromatic rings. The molecule has 0 aliphatic carbocycles. The minimum absolute atomic E-state index is 0.0754. The number of hydrogen-bond acceptors (Lipinski definition) is 10. The lowest BCUT2D eigenvalue weighted by Gasteiger charge is -2.30. The summed E-state index contributed by atoms with van der Waals surface area (Å²) in [6, 6.07) is 15.6. The van der Waals surface area contributed by atoms with Crippen LogP contribution < -0.4 is 10.6 Å². The molecule has 0 saturated carbocycles. The van der Waals surface area contributed by atoms with Gasteiger partial charge in [0.15, 0.2) is 0 Å². The average Bonchev–Trinajstić information content (AvgIpc) is 4.02. The number of nitrogens with one attached hydrogen (secondary N) is 2. The molecule has 14 heteroatoms. The highest BCUT2D eigenvalue weighted by atomic mass is 32.2. The first-order valence-corrected chi connectivity index (χ1v) is 20.4. The summed E-state index contributed by atoms with van der Waals surface area (Å²) in [6.45, 7) is 9.60. The fourth-order valence-electron chi connectivity index (χ4n) is 7.37. The van der Waals surface area contributed by atoms with E-state index >= 15 is 0 Å². The van der Waals surface area contributed by atoms with Crippen LogP contribution in [0.1, 0.15) is 75.2 Å². The first kappa shape index (κ1) is 39.3. The second-order valence-electron chi connectivity index (χ2n) is 14.6. The second kappa shape index (κ2) is 17.4. The number of ether oxygens (including phenoxy) is 2. The second-order valence-corrected chi connectivity index (χ2v) is 16.9. The highest BCUT2D eigenvalue weighted by molar-refractivity contribution is 8.14. The Labute approximate surface area is 325 Å². The molecule has 1 aromatic heterocycles. The van der Waals surface area contributed by atoms with Crippen LogP contribution in [-0.2, 0) is 19.1 Å². The molecular formula is C40H50N6O6S2. The number of hydrogen-bond donors (Lipinski definition) is 2. The van der Waals surface area contributed by atoms with Gasteiger partial charge in [-0.2, -0.15) is 0 Å². The minimum atomic E-state index is -0.663. The van der Waals surface area contributed by atoms with Gasteiger partial charge in [0.25, 0.3) is 0 Å². The molecule has 2 aromatic carbocycles. The third-order valence-electron chi connectivity index (χ3n) is 10.4. The topological polar surface area (TPSA) is 143 Å². The van der Waals surface area contributed by atoms with Gasteiger partial charge in [0.05, 0.1) is 48.0 Å².